The van der Waals surface area contributed by atoms with Crippen LogP contribution in [0.2, 0.25) is 5.02 Å². The highest BCUT2D eigenvalue weighted by Gasteiger charge is 2.23. The molecule has 0 spiro atoms. The number of halogens is 1. The van der Waals surface area contributed by atoms with E-state index in [2.05, 4.69) is 23.2 Å². The van der Waals surface area contributed by atoms with Gasteiger partial charge in [0.25, 0.3) is 0 Å². The molecule has 2 amide bonds. The summed E-state index contributed by atoms with van der Waals surface area (Å²) in [5, 5.41) is 3.67. The lowest BCUT2D eigenvalue weighted by Gasteiger charge is -2.37. The molecular formula is C18H22ClN3O2. The summed E-state index contributed by atoms with van der Waals surface area (Å²) in [6, 6.07) is 7.74. The van der Waals surface area contributed by atoms with Crippen LogP contribution in [0.3, 0.4) is 0 Å². The van der Waals surface area contributed by atoms with Gasteiger partial charge in [-0.3, -0.25) is 0 Å². The quantitative estimate of drug-likeness (QED) is 0.923. The largest absolute Gasteiger partial charge is 0.467 e. The number of furan rings is 1. The third kappa shape index (κ3) is 3.67. The summed E-state index contributed by atoms with van der Waals surface area (Å²) in [4.78, 5) is 16.3. The van der Waals surface area contributed by atoms with Gasteiger partial charge < -0.3 is 19.5 Å². The Balaban J connectivity index is 1.57. The van der Waals surface area contributed by atoms with E-state index in [1.165, 1.54) is 5.56 Å². The first-order chi connectivity index (χ1) is 11.5. The van der Waals surface area contributed by atoms with E-state index in [1.54, 1.807) is 6.26 Å². The zero-order chi connectivity index (χ0) is 17.1. The van der Waals surface area contributed by atoms with Crippen LogP contribution in [0, 0.1) is 13.8 Å². The number of urea groups is 1. The molecule has 2 heterocycles. The highest BCUT2D eigenvalue weighted by atomic mass is 35.5. The van der Waals surface area contributed by atoms with Crippen molar-refractivity contribution < 1.29 is 9.21 Å². The lowest BCUT2D eigenvalue weighted by Crippen LogP contribution is -2.51. The average molecular weight is 348 g/mol. The van der Waals surface area contributed by atoms with E-state index in [9.17, 15) is 4.79 Å². The highest BCUT2D eigenvalue weighted by molar-refractivity contribution is 6.33. The van der Waals surface area contributed by atoms with Crippen LogP contribution in [0.5, 0.6) is 0 Å². The van der Waals surface area contributed by atoms with Crippen molar-refractivity contribution in [1.82, 2.24) is 10.2 Å². The molecule has 0 atom stereocenters. The zero-order valence-corrected chi connectivity index (χ0v) is 14.8. The summed E-state index contributed by atoms with van der Waals surface area (Å²) in [7, 11) is 0. The Morgan fingerprint density at radius 3 is 2.62 bits per heavy atom. The molecule has 0 unspecified atom stereocenters. The Morgan fingerprint density at radius 1 is 1.25 bits per heavy atom. The summed E-state index contributed by atoms with van der Waals surface area (Å²) in [6.07, 6.45) is 1.61. The first-order valence-corrected chi connectivity index (χ1v) is 8.49. The van der Waals surface area contributed by atoms with Gasteiger partial charge in [-0.1, -0.05) is 17.7 Å². The van der Waals surface area contributed by atoms with Crippen LogP contribution in [-0.4, -0.2) is 37.1 Å². The molecule has 1 aromatic heterocycles. The molecule has 0 saturated carbocycles. The fourth-order valence-electron chi connectivity index (χ4n) is 3.13. The molecule has 128 valence electrons. The number of piperazine rings is 1. The number of carbonyl (C=O) groups excluding carboxylic acids is 1. The van der Waals surface area contributed by atoms with Gasteiger partial charge >= 0.3 is 6.03 Å². The van der Waals surface area contributed by atoms with Crippen molar-refractivity contribution in [3.8, 4) is 0 Å². The van der Waals surface area contributed by atoms with Crippen molar-refractivity contribution >= 4 is 23.3 Å². The van der Waals surface area contributed by atoms with Gasteiger partial charge in [0.1, 0.15) is 5.76 Å². The maximum absolute atomic E-state index is 12.2. The van der Waals surface area contributed by atoms with E-state index in [-0.39, 0.29) is 6.03 Å². The lowest BCUT2D eigenvalue weighted by molar-refractivity contribution is 0.193. The minimum Gasteiger partial charge on any atom is -0.467 e. The van der Waals surface area contributed by atoms with Gasteiger partial charge in [-0.2, -0.15) is 0 Å². The molecule has 3 rings (SSSR count). The monoisotopic (exact) mass is 347 g/mol. The number of rotatable bonds is 3. The van der Waals surface area contributed by atoms with Crippen LogP contribution >= 0.6 is 11.6 Å². The number of benzene rings is 1. The first kappa shape index (κ1) is 16.7. The van der Waals surface area contributed by atoms with Crippen LogP contribution < -0.4 is 10.2 Å². The Morgan fingerprint density at radius 2 is 2.00 bits per heavy atom. The molecule has 2 aromatic rings. The fourth-order valence-corrected chi connectivity index (χ4v) is 3.57. The highest BCUT2D eigenvalue weighted by Crippen LogP contribution is 2.31. The third-order valence-corrected chi connectivity index (χ3v) is 4.56. The first-order valence-electron chi connectivity index (χ1n) is 8.11. The van der Waals surface area contributed by atoms with Gasteiger partial charge in [-0.25, -0.2) is 4.79 Å². The van der Waals surface area contributed by atoms with Crippen LogP contribution in [0.25, 0.3) is 0 Å². The number of nitrogens with one attached hydrogen (secondary N) is 1. The smallest absolute Gasteiger partial charge is 0.317 e. The van der Waals surface area contributed by atoms with E-state index in [1.807, 2.05) is 30.0 Å². The molecule has 24 heavy (non-hydrogen) atoms. The Labute approximate surface area is 147 Å². The summed E-state index contributed by atoms with van der Waals surface area (Å²) >= 11 is 6.43. The van der Waals surface area contributed by atoms with Crippen molar-refractivity contribution in [2.45, 2.75) is 20.4 Å². The van der Waals surface area contributed by atoms with E-state index in [4.69, 9.17) is 16.0 Å². The molecular weight excluding hydrogens is 326 g/mol. The standard InChI is InChI=1S/C18H22ClN3O2/c1-13-10-14(2)17(16(19)11-13)21-5-7-22(8-6-21)18(23)20-12-15-4-3-9-24-15/h3-4,9-11H,5-8,12H2,1-2H3,(H,20,23). The van der Waals surface area contributed by atoms with E-state index < -0.39 is 0 Å². The predicted octanol–water partition coefficient (Wildman–Crippen LogP) is 3.58. The van der Waals surface area contributed by atoms with Gasteiger partial charge in [0.15, 0.2) is 0 Å². The maximum atomic E-state index is 12.2. The maximum Gasteiger partial charge on any atom is 0.317 e. The van der Waals surface area contributed by atoms with Crippen molar-refractivity contribution in [2.24, 2.45) is 0 Å². The number of hydrogen-bond donors (Lipinski definition) is 1. The van der Waals surface area contributed by atoms with Crippen molar-refractivity contribution in [3.63, 3.8) is 0 Å². The van der Waals surface area contributed by atoms with E-state index in [0.717, 1.165) is 35.1 Å². The topological polar surface area (TPSA) is 48.7 Å². The fraction of sp³-hybridized carbons (Fsp3) is 0.389. The Hall–Kier alpha value is -2.14. The molecule has 1 saturated heterocycles. The number of anilines is 1. The molecule has 1 aliphatic rings. The number of hydrogen-bond acceptors (Lipinski definition) is 3. The predicted molar refractivity (Wildman–Crippen MR) is 95.7 cm³/mol. The minimum atomic E-state index is -0.0576. The number of nitrogens with zero attached hydrogens (tertiary/aromatic N) is 2. The minimum absolute atomic E-state index is 0.0576. The average Bonchev–Trinajstić information content (AvgIpc) is 3.06. The number of carbonyl (C=O) groups is 1. The van der Waals surface area contributed by atoms with Gasteiger partial charge in [-0.05, 0) is 43.2 Å². The van der Waals surface area contributed by atoms with E-state index in [0.29, 0.717) is 19.6 Å². The zero-order valence-electron chi connectivity index (χ0n) is 14.0. The molecule has 1 N–H and O–H groups in total. The van der Waals surface area contributed by atoms with Gasteiger partial charge in [0.2, 0.25) is 0 Å². The second-order valence-corrected chi connectivity index (χ2v) is 6.53. The molecule has 6 heteroatoms. The second kappa shape index (κ2) is 7.18. The molecule has 1 fully saturated rings. The van der Waals surface area contributed by atoms with Crippen molar-refractivity contribution in [2.75, 3.05) is 31.1 Å². The second-order valence-electron chi connectivity index (χ2n) is 6.12. The van der Waals surface area contributed by atoms with Gasteiger partial charge in [0.05, 0.1) is 23.5 Å². The van der Waals surface area contributed by atoms with Gasteiger partial charge in [0, 0.05) is 26.2 Å². The third-order valence-electron chi connectivity index (χ3n) is 4.28. The normalized spacial score (nSPS) is 14.8. The molecule has 5 nitrogen and oxygen atoms in total. The molecule has 0 radical (unpaired) electrons. The van der Waals surface area contributed by atoms with Crippen LogP contribution in [-0.2, 0) is 6.54 Å². The summed E-state index contributed by atoms with van der Waals surface area (Å²) in [5.41, 5.74) is 3.42. The van der Waals surface area contributed by atoms with Crippen LogP contribution in [0.4, 0.5) is 10.5 Å². The SMILES string of the molecule is Cc1cc(C)c(N2CCN(C(=O)NCc3ccco3)CC2)c(Cl)c1. The van der Waals surface area contributed by atoms with Gasteiger partial charge in [-0.15, -0.1) is 0 Å². The Kier molecular flexibility index (Phi) is 5.00. The van der Waals surface area contributed by atoms with Crippen molar-refractivity contribution in [1.29, 1.82) is 0 Å². The van der Waals surface area contributed by atoms with Crippen LogP contribution in [0.1, 0.15) is 16.9 Å². The van der Waals surface area contributed by atoms with Crippen molar-refractivity contribution in [3.05, 3.63) is 52.4 Å². The van der Waals surface area contributed by atoms with Crippen LogP contribution in [0.15, 0.2) is 34.9 Å². The summed E-state index contributed by atoms with van der Waals surface area (Å²) < 4.78 is 5.23. The number of amides is 2. The molecule has 1 aliphatic heterocycles. The Bertz CT molecular complexity index is 684. The van der Waals surface area contributed by atoms with E-state index >= 15 is 0 Å². The number of aryl methyl sites for hydroxylation is 2. The molecule has 0 bridgehead atoms. The lowest BCUT2D eigenvalue weighted by atomic mass is 10.1. The summed E-state index contributed by atoms with van der Waals surface area (Å²) in [6.45, 7) is 7.44. The summed E-state index contributed by atoms with van der Waals surface area (Å²) in [5.74, 6) is 0.754. The molecule has 1 aromatic carbocycles. The molecule has 0 aliphatic carbocycles.